The summed E-state index contributed by atoms with van der Waals surface area (Å²) in [4.78, 5) is 2.36. The van der Waals surface area contributed by atoms with E-state index in [0.29, 0.717) is 0 Å². The van der Waals surface area contributed by atoms with Gasteiger partial charge < -0.3 is 10.0 Å². The maximum absolute atomic E-state index is 9.06. The van der Waals surface area contributed by atoms with Crippen LogP contribution in [0.15, 0.2) is 93.3 Å². The highest BCUT2D eigenvalue weighted by Crippen LogP contribution is 2.27. The summed E-state index contributed by atoms with van der Waals surface area (Å²) in [5.74, 6) is 2.24. The molecule has 1 aliphatic rings. The molecule has 0 unspecified atom stereocenters. The Morgan fingerprint density at radius 3 is 1.55 bits per heavy atom. The molecule has 146 valence electrons. The number of nitrogens with zero attached hydrogens (tertiary/aromatic N) is 5. The zero-order valence-electron chi connectivity index (χ0n) is 15.8. The van der Waals surface area contributed by atoms with Crippen molar-refractivity contribution in [1.82, 2.24) is 0 Å². The van der Waals surface area contributed by atoms with Gasteiger partial charge in [-0.2, -0.15) is 20.5 Å². The van der Waals surface area contributed by atoms with Crippen LogP contribution in [-0.4, -0.2) is 23.3 Å². The van der Waals surface area contributed by atoms with Gasteiger partial charge in [0.15, 0.2) is 0 Å². The molecule has 0 spiro atoms. The molecule has 3 aromatic carbocycles. The minimum atomic E-state index is 0.0230. The monoisotopic (exact) mass is 403 g/mol. The highest BCUT2D eigenvalue weighted by Gasteiger charge is 2.11. The van der Waals surface area contributed by atoms with Crippen LogP contribution in [0.2, 0.25) is 0 Å². The minimum Gasteiger partial charge on any atom is -0.392 e. The van der Waals surface area contributed by atoms with E-state index in [9.17, 15) is 0 Å². The molecular weight excluding hydrogens is 382 g/mol. The summed E-state index contributed by atoms with van der Waals surface area (Å²) in [7, 11) is 0. The number of rotatable bonds is 6. The number of aliphatic hydroxyl groups is 1. The quantitative estimate of drug-likeness (QED) is 0.476. The van der Waals surface area contributed by atoms with Crippen LogP contribution in [0.4, 0.5) is 28.4 Å². The van der Waals surface area contributed by atoms with Crippen molar-refractivity contribution in [2.45, 2.75) is 6.61 Å². The van der Waals surface area contributed by atoms with Crippen LogP contribution in [0.25, 0.3) is 0 Å². The van der Waals surface area contributed by atoms with Crippen LogP contribution < -0.4 is 4.90 Å². The molecule has 0 saturated carbocycles. The van der Waals surface area contributed by atoms with Gasteiger partial charge in [-0.25, -0.2) is 0 Å². The van der Waals surface area contributed by atoms with Gasteiger partial charge in [0.2, 0.25) is 0 Å². The number of thioether (sulfide) groups is 1. The first-order valence-electron chi connectivity index (χ1n) is 9.36. The average molecular weight is 404 g/mol. The summed E-state index contributed by atoms with van der Waals surface area (Å²) in [5, 5.41) is 26.1. The first kappa shape index (κ1) is 19.3. The Balaban J connectivity index is 1.36. The summed E-state index contributed by atoms with van der Waals surface area (Å²) in [6.45, 7) is 1.12. The van der Waals surface area contributed by atoms with Crippen LogP contribution >= 0.6 is 11.8 Å². The Kier molecular flexibility index (Phi) is 6.29. The Bertz CT molecular complexity index is 979. The van der Waals surface area contributed by atoms with E-state index in [1.54, 1.807) is 0 Å². The van der Waals surface area contributed by atoms with E-state index in [1.807, 2.05) is 72.4 Å². The smallest absolute Gasteiger partial charge is 0.0858 e. The van der Waals surface area contributed by atoms with Crippen molar-refractivity contribution < 1.29 is 5.11 Å². The first-order chi connectivity index (χ1) is 14.3. The Hall–Kier alpha value is -3.03. The normalized spacial score (nSPS) is 14.3. The van der Waals surface area contributed by atoms with Gasteiger partial charge in [-0.15, -0.1) is 11.8 Å². The molecule has 1 N–H and O–H groups in total. The second kappa shape index (κ2) is 9.45. The predicted octanol–water partition coefficient (Wildman–Crippen LogP) is 6.52. The van der Waals surface area contributed by atoms with Crippen molar-refractivity contribution in [2.24, 2.45) is 20.5 Å². The van der Waals surface area contributed by atoms with Gasteiger partial charge in [-0.3, -0.25) is 0 Å². The number of hydrogen-bond donors (Lipinski definition) is 1. The third-order valence-corrected chi connectivity index (χ3v) is 5.46. The Labute approximate surface area is 174 Å². The number of azo groups is 2. The van der Waals surface area contributed by atoms with E-state index < -0.39 is 0 Å². The fourth-order valence-corrected chi connectivity index (χ4v) is 3.81. The van der Waals surface area contributed by atoms with Crippen LogP contribution in [0.1, 0.15) is 5.56 Å². The van der Waals surface area contributed by atoms with Gasteiger partial charge >= 0.3 is 0 Å². The molecule has 6 nitrogen and oxygen atoms in total. The zero-order valence-corrected chi connectivity index (χ0v) is 16.7. The highest BCUT2D eigenvalue weighted by molar-refractivity contribution is 7.99. The van der Waals surface area contributed by atoms with E-state index in [2.05, 4.69) is 37.5 Å². The molecule has 4 rings (SSSR count). The summed E-state index contributed by atoms with van der Waals surface area (Å²) < 4.78 is 0. The van der Waals surface area contributed by atoms with Crippen molar-refractivity contribution in [1.29, 1.82) is 0 Å². The second-order valence-corrected chi connectivity index (χ2v) is 7.63. The van der Waals surface area contributed by atoms with Crippen molar-refractivity contribution in [3.63, 3.8) is 0 Å². The van der Waals surface area contributed by atoms with Crippen molar-refractivity contribution in [3.8, 4) is 0 Å². The van der Waals surface area contributed by atoms with Gasteiger partial charge in [0.1, 0.15) is 0 Å². The largest absolute Gasteiger partial charge is 0.392 e. The van der Waals surface area contributed by atoms with Crippen LogP contribution in [0.3, 0.4) is 0 Å². The van der Waals surface area contributed by atoms with Crippen LogP contribution in [-0.2, 0) is 6.61 Å². The highest BCUT2D eigenvalue weighted by atomic mass is 32.2. The number of anilines is 1. The number of benzene rings is 3. The van der Waals surface area contributed by atoms with Gasteiger partial charge in [-0.05, 0) is 66.2 Å². The Morgan fingerprint density at radius 1 is 0.690 bits per heavy atom. The standard InChI is InChI=1S/C22H21N5OS/c28-15-17-1-3-18(4-2-17)23-24-19-5-7-20(8-6-19)25-26-21-9-11-22(12-10-21)27-13-14-29-16-27/h1-12,28H,13-16H2. The van der Waals surface area contributed by atoms with E-state index in [-0.39, 0.29) is 6.61 Å². The van der Waals surface area contributed by atoms with Gasteiger partial charge in [0.05, 0.1) is 35.2 Å². The SMILES string of the molecule is OCc1ccc(N=Nc2ccc(N=Nc3ccc(N4CCSC4)cc3)cc2)cc1. The topological polar surface area (TPSA) is 72.9 Å². The molecule has 1 saturated heterocycles. The maximum atomic E-state index is 9.06. The van der Waals surface area contributed by atoms with E-state index in [0.717, 1.165) is 40.7 Å². The van der Waals surface area contributed by atoms with Crippen molar-refractivity contribution in [2.75, 3.05) is 23.1 Å². The fourth-order valence-electron chi connectivity index (χ4n) is 2.83. The molecule has 0 radical (unpaired) electrons. The third-order valence-electron chi connectivity index (χ3n) is 4.50. The Morgan fingerprint density at radius 2 is 1.14 bits per heavy atom. The zero-order chi connectivity index (χ0) is 19.9. The van der Waals surface area contributed by atoms with E-state index in [1.165, 1.54) is 11.4 Å². The van der Waals surface area contributed by atoms with Crippen LogP contribution in [0.5, 0.6) is 0 Å². The molecule has 7 heteroatoms. The van der Waals surface area contributed by atoms with Gasteiger partial charge in [0.25, 0.3) is 0 Å². The van der Waals surface area contributed by atoms with Gasteiger partial charge in [0, 0.05) is 18.0 Å². The fraction of sp³-hybridized carbons (Fsp3) is 0.182. The second-order valence-electron chi connectivity index (χ2n) is 6.56. The molecule has 0 amide bonds. The summed E-state index contributed by atoms with van der Waals surface area (Å²) in [5.41, 5.74) is 5.15. The molecule has 0 bridgehead atoms. The van der Waals surface area contributed by atoms with Gasteiger partial charge in [-0.1, -0.05) is 12.1 Å². The lowest BCUT2D eigenvalue weighted by molar-refractivity contribution is 0.282. The molecule has 0 aliphatic carbocycles. The molecule has 0 aromatic heterocycles. The minimum absolute atomic E-state index is 0.0230. The molecule has 1 heterocycles. The maximum Gasteiger partial charge on any atom is 0.0858 e. The van der Waals surface area contributed by atoms with Crippen molar-refractivity contribution >= 4 is 40.2 Å². The lowest BCUT2D eigenvalue weighted by Crippen LogP contribution is -2.17. The average Bonchev–Trinajstić information content (AvgIpc) is 3.33. The molecular formula is C22H21N5OS. The lowest BCUT2D eigenvalue weighted by Gasteiger charge is -2.16. The first-order valence-corrected chi connectivity index (χ1v) is 10.5. The summed E-state index contributed by atoms with van der Waals surface area (Å²) in [6, 6.07) is 22.9. The molecule has 1 aliphatic heterocycles. The summed E-state index contributed by atoms with van der Waals surface area (Å²) >= 11 is 1.95. The third kappa shape index (κ3) is 5.28. The lowest BCUT2D eigenvalue weighted by atomic mass is 10.2. The summed E-state index contributed by atoms with van der Waals surface area (Å²) in [6.07, 6.45) is 0. The molecule has 3 aromatic rings. The van der Waals surface area contributed by atoms with Crippen LogP contribution in [0, 0.1) is 0 Å². The van der Waals surface area contributed by atoms with E-state index in [4.69, 9.17) is 5.11 Å². The number of hydrogen-bond acceptors (Lipinski definition) is 7. The van der Waals surface area contributed by atoms with E-state index >= 15 is 0 Å². The van der Waals surface area contributed by atoms with Crippen molar-refractivity contribution in [3.05, 3.63) is 78.4 Å². The molecule has 1 fully saturated rings. The number of aliphatic hydroxyl groups excluding tert-OH is 1. The predicted molar refractivity (Wildman–Crippen MR) is 118 cm³/mol. The molecule has 0 atom stereocenters. The molecule has 29 heavy (non-hydrogen) atoms.